The van der Waals surface area contributed by atoms with Crippen LogP contribution in [0.25, 0.3) is 0 Å². The molecule has 1 atom stereocenters. The quantitative estimate of drug-likeness (QED) is 0.697. The van der Waals surface area contributed by atoms with Crippen molar-refractivity contribution in [3.05, 3.63) is 46.8 Å². The van der Waals surface area contributed by atoms with Crippen LogP contribution in [0.5, 0.6) is 5.75 Å². The van der Waals surface area contributed by atoms with Crippen LogP contribution in [-0.2, 0) is 13.0 Å². The van der Waals surface area contributed by atoms with Gasteiger partial charge in [-0.3, -0.25) is 9.89 Å². The van der Waals surface area contributed by atoms with E-state index in [1.54, 1.807) is 0 Å². The largest absolute Gasteiger partial charge is 0.487 e. The number of likely N-dealkylation sites (tertiary alicyclic amines) is 1. The molecular weight excluding hydrogens is 390 g/mol. The van der Waals surface area contributed by atoms with Crippen molar-refractivity contribution in [1.29, 1.82) is 0 Å². The third-order valence-corrected chi connectivity index (χ3v) is 6.42. The minimum absolute atomic E-state index is 0. The van der Waals surface area contributed by atoms with Crippen LogP contribution in [-0.4, -0.2) is 53.3 Å². The fraction of sp³-hybridized carbons (Fsp3) is 0.524. The summed E-state index contributed by atoms with van der Waals surface area (Å²) in [6.07, 6.45) is 3.64. The predicted octanol–water partition coefficient (Wildman–Crippen LogP) is 2.20. The number of halogens is 1. The number of hydrogen-bond acceptors (Lipinski definition) is 5. The van der Waals surface area contributed by atoms with E-state index in [9.17, 15) is 4.79 Å². The van der Waals surface area contributed by atoms with Crippen molar-refractivity contribution in [2.24, 2.45) is 0 Å². The summed E-state index contributed by atoms with van der Waals surface area (Å²) >= 11 is 0. The van der Waals surface area contributed by atoms with Crippen LogP contribution in [0.15, 0.2) is 24.3 Å². The van der Waals surface area contributed by atoms with E-state index in [4.69, 9.17) is 4.74 Å². The zero-order valence-electron chi connectivity index (χ0n) is 16.7. The van der Waals surface area contributed by atoms with Crippen molar-refractivity contribution in [2.75, 3.05) is 26.7 Å². The number of amides is 1. The SMILES string of the molecule is CN1CCC2(CC1)CC(NC(=O)c1n[nH]c3c1CNCC3)c1ccccc1O2.Cl. The molecule has 0 saturated carbocycles. The molecule has 3 aliphatic heterocycles. The van der Waals surface area contributed by atoms with E-state index < -0.39 is 0 Å². The fourth-order valence-electron chi connectivity index (χ4n) is 4.72. The van der Waals surface area contributed by atoms with Crippen molar-refractivity contribution in [3.8, 4) is 5.75 Å². The van der Waals surface area contributed by atoms with Gasteiger partial charge in [0.25, 0.3) is 5.91 Å². The Balaban J connectivity index is 0.00000205. The Morgan fingerprint density at radius 1 is 1.31 bits per heavy atom. The molecule has 1 spiro atoms. The minimum Gasteiger partial charge on any atom is -0.487 e. The van der Waals surface area contributed by atoms with Crippen molar-refractivity contribution in [1.82, 2.24) is 25.7 Å². The first-order valence-electron chi connectivity index (χ1n) is 10.2. The van der Waals surface area contributed by atoms with Gasteiger partial charge in [-0.05, 0) is 26.0 Å². The van der Waals surface area contributed by atoms with E-state index in [2.05, 4.69) is 38.8 Å². The van der Waals surface area contributed by atoms with Crippen LogP contribution in [0.1, 0.15) is 52.6 Å². The summed E-state index contributed by atoms with van der Waals surface area (Å²) in [5.74, 6) is 0.792. The van der Waals surface area contributed by atoms with Gasteiger partial charge in [0.05, 0.1) is 6.04 Å². The molecule has 2 aromatic rings. The van der Waals surface area contributed by atoms with E-state index in [-0.39, 0.29) is 30.0 Å². The highest BCUT2D eigenvalue weighted by Gasteiger charge is 2.43. The van der Waals surface area contributed by atoms with Gasteiger partial charge in [-0.2, -0.15) is 5.10 Å². The molecule has 1 unspecified atom stereocenters. The third-order valence-electron chi connectivity index (χ3n) is 6.42. The summed E-state index contributed by atoms with van der Waals surface area (Å²) in [7, 11) is 2.15. The molecule has 0 radical (unpaired) electrons. The van der Waals surface area contributed by atoms with Crippen LogP contribution >= 0.6 is 12.4 Å². The number of carbonyl (C=O) groups excluding carboxylic acids is 1. The average molecular weight is 418 g/mol. The Labute approximate surface area is 177 Å². The standard InChI is InChI=1S/C21H27N5O2.ClH/c1-26-10-7-21(8-11-26)12-17(14-4-2-3-5-18(14)28-21)23-20(27)19-15-13-22-9-6-16(15)24-25-19;/h2-5,17,22H,6-13H2,1H3,(H,23,27)(H,24,25);1H. The number of benzene rings is 1. The molecule has 1 aromatic carbocycles. The molecule has 4 heterocycles. The number of H-pyrrole nitrogens is 1. The number of hydrogen-bond donors (Lipinski definition) is 3. The van der Waals surface area contributed by atoms with Gasteiger partial charge in [0, 0.05) is 55.8 Å². The van der Waals surface area contributed by atoms with Gasteiger partial charge < -0.3 is 20.3 Å². The summed E-state index contributed by atoms with van der Waals surface area (Å²) in [5.41, 5.74) is 3.44. The Kier molecular flexibility index (Phi) is 5.55. The maximum absolute atomic E-state index is 13.1. The summed E-state index contributed by atoms with van der Waals surface area (Å²) in [6, 6.07) is 8.03. The molecule has 5 rings (SSSR count). The maximum Gasteiger partial charge on any atom is 0.272 e. The van der Waals surface area contributed by atoms with Gasteiger partial charge in [-0.15, -0.1) is 12.4 Å². The first-order valence-corrected chi connectivity index (χ1v) is 10.2. The second-order valence-corrected chi connectivity index (χ2v) is 8.31. The van der Waals surface area contributed by atoms with Crippen molar-refractivity contribution >= 4 is 18.3 Å². The third kappa shape index (κ3) is 3.74. The number of carbonyl (C=O) groups is 1. The first-order chi connectivity index (χ1) is 13.6. The number of ether oxygens (including phenoxy) is 1. The monoisotopic (exact) mass is 417 g/mol. The van der Waals surface area contributed by atoms with Gasteiger partial charge in [-0.25, -0.2) is 0 Å². The van der Waals surface area contributed by atoms with E-state index in [1.807, 2.05) is 18.2 Å². The Morgan fingerprint density at radius 3 is 2.93 bits per heavy atom. The molecule has 156 valence electrons. The molecule has 1 amide bonds. The number of para-hydroxylation sites is 1. The topological polar surface area (TPSA) is 82.3 Å². The molecule has 0 aliphatic carbocycles. The number of nitrogens with one attached hydrogen (secondary N) is 3. The lowest BCUT2D eigenvalue weighted by atomic mass is 9.80. The lowest BCUT2D eigenvalue weighted by Crippen LogP contribution is -2.51. The van der Waals surface area contributed by atoms with Crippen molar-refractivity contribution in [3.63, 3.8) is 0 Å². The maximum atomic E-state index is 13.1. The first kappa shape index (κ1) is 20.2. The smallest absolute Gasteiger partial charge is 0.272 e. The summed E-state index contributed by atoms with van der Waals surface area (Å²) < 4.78 is 6.49. The molecule has 7 nitrogen and oxygen atoms in total. The molecule has 3 aliphatic rings. The fourth-order valence-corrected chi connectivity index (χ4v) is 4.72. The highest BCUT2D eigenvalue weighted by Crippen LogP contribution is 2.44. The lowest BCUT2D eigenvalue weighted by molar-refractivity contribution is -0.0196. The zero-order chi connectivity index (χ0) is 19.1. The predicted molar refractivity (Wildman–Crippen MR) is 113 cm³/mol. The van der Waals surface area contributed by atoms with E-state index in [1.165, 1.54) is 0 Å². The van der Waals surface area contributed by atoms with E-state index in [0.717, 1.165) is 67.9 Å². The van der Waals surface area contributed by atoms with Gasteiger partial charge in [-0.1, -0.05) is 18.2 Å². The van der Waals surface area contributed by atoms with Gasteiger partial charge in [0.2, 0.25) is 0 Å². The number of piperidine rings is 1. The highest BCUT2D eigenvalue weighted by atomic mass is 35.5. The summed E-state index contributed by atoms with van der Waals surface area (Å²) in [4.78, 5) is 15.4. The minimum atomic E-state index is -0.203. The van der Waals surface area contributed by atoms with E-state index >= 15 is 0 Å². The molecular formula is C21H28ClN5O2. The molecule has 1 aromatic heterocycles. The van der Waals surface area contributed by atoms with Crippen LogP contribution in [0, 0.1) is 0 Å². The average Bonchev–Trinajstić information content (AvgIpc) is 3.15. The highest BCUT2D eigenvalue weighted by molar-refractivity contribution is 5.94. The molecule has 8 heteroatoms. The zero-order valence-corrected chi connectivity index (χ0v) is 17.5. The Bertz CT molecular complexity index is 891. The number of aromatic nitrogens is 2. The van der Waals surface area contributed by atoms with E-state index in [0.29, 0.717) is 12.2 Å². The van der Waals surface area contributed by atoms with Crippen LogP contribution in [0.3, 0.4) is 0 Å². The molecule has 1 fully saturated rings. The van der Waals surface area contributed by atoms with Gasteiger partial charge >= 0.3 is 0 Å². The summed E-state index contributed by atoms with van der Waals surface area (Å²) in [5, 5.41) is 14.0. The molecule has 3 N–H and O–H groups in total. The molecule has 0 bridgehead atoms. The van der Waals surface area contributed by atoms with Gasteiger partial charge in [0.15, 0.2) is 5.69 Å². The normalized spacial score (nSPS) is 22.7. The Morgan fingerprint density at radius 2 is 2.10 bits per heavy atom. The number of aromatic amines is 1. The second-order valence-electron chi connectivity index (χ2n) is 8.31. The van der Waals surface area contributed by atoms with Crippen LogP contribution in [0.2, 0.25) is 0 Å². The van der Waals surface area contributed by atoms with Crippen LogP contribution in [0.4, 0.5) is 0 Å². The molecule has 29 heavy (non-hydrogen) atoms. The Hall–Kier alpha value is -2.09. The second kappa shape index (κ2) is 7.97. The summed E-state index contributed by atoms with van der Waals surface area (Å²) in [6.45, 7) is 3.64. The number of fused-ring (bicyclic) bond motifs is 2. The lowest BCUT2D eigenvalue weighted by Gasteiger charge is -2.46. The van der Waals surface area contributed by atoms with Crippen molar-refractivity contribution < 1.29 is 9.53 Å². The number of rotatable bonds is 2. The van der Waals surface area contributed by atoms with Crippen LogP contribution < -0.4 is 15.4 Å². The molecule has 1 saturated heterocycles. The van der Waals surface area contributed by atoms with Gasteiger partial charge in [0.1, 0.15) is 11.4 Å². The van der Waals surface area contributed by atoms with Crippen molar-refractivity contribution in [2.45, 2.75) is 43.9 Å². The number of nitrogens with zero attached hydrogens (tertiary/aromatic N) is 2.